The molecule has 0 aliphatic heterocycles. The zero-order valence-electron chi connectivity index (χ0n) is 44.9. The molecule has 0 bridgehead atoms. The van der Waals surface area contributed by atoms with E-state index in [2.05, 4.69) is 93.7 Å². The van der Waals surface area contributed by atoms with E-state index in [1.165, 1.54) is 148 Å². The molecule has 0 radical (unpaired) electrons. The molecule has 392 valence electrons. The Kier molecular flexibility index (Phi) is 53.8. The van der Waals surface area contributed by atoms with Gasteiger partial charge in [0.2, 0.25) is 0 Å². The zero-order chi connectivity index (χ0) is 49.3. The summed E-state index contributed by atoms with van der Waals surface area (Å²) in [6.07, 6.45) is 71.8. The van der Waals surface area contributed by atoms with Crippen LogP contribution in [-0.4, -0.2) is 37.2 Å². The normalized spacial score (nSPS) is 12.6. The maximum absolute atomic E-state index is 12.8. The van der Waals surface area contributed by atoms with Crippen LogP contribution in [0.3, 0.4) is 0 Å². The average Bonchev–Trinajstić information content (AvgIpc) is 3.34. The minimum Gasteiger partial charge on any atom is -0.462 e. The average molecular weight is 950 g/mol. The van der Waals surface area contributed by atoms with Crippen LogP contribution in [0.2, 0.25) is 0 Å². The first kappa shape index (κ1) is 64.8. The van der Waals surface area contributed by atoms with Crippen molar-refractivity contribution in [1.82, 2.24) is 0 Å². The molecule has 68 heavy (non-hydrogen) atoms. The molecule has 6 nitrogen and oxygen atoms in total. The minimum atomic E-state index is -0.779. The van der Waals surface area contributed by atoms with Gasteiger partial charge in [-0.05, 0) is 89.9 Å². The van der Waals surface area contributed by atoms with Crippen LogP contribution in [0.15, 0.2) is 72.9 Å². The Morgan fingerprint density at radius 2 is 0.574 bits per heavy atom. The fourth-order valence-corrected chi connectivity index (χ4v) is 8.11. The second-order valence-corrected chi connectivity index (χ2v) is 19.2. The zero-order valence-corrected chi connectivity index (χ0v) is 44.9. The number of unbranched alkanes of at least 4 members (excludes halogenated alkanes) is 29. The highest BCUT2D eigenvalue weighted by Gasteiger charge is 2.19. The first-order chi connectivity index (χ1) is 33.5. The van der Waals surface area contributed by atoms with Crippen molar-refractivity contribution in [2.24, 2.45) is 0 Å². The third-order valence-electron chi connectivity index (χ3n) is 12.4. The molecule has 0 aromatic rings. The van der Waals surface area contributed by atoms with Crippen molar-refractivity contribution in [2.75, 3.05) is 13.2 Å². The molecule has 0 N–H and O–H groups in total. The summed E-state index contributed by atoms with van der Waals surface area (Å²) in [4.78, 5) is 38.1. The molecular formula is C62H108O6. The summed E-state index contributed by atoms with van der Waals surface area (Å²) in [5.41, 5.74) is 0. The second-order valence-electron chi connectivity index (χ2n) is 19.2. The van der Waals surface area contributed by atoms with Crippen LogP contribution in [0.5, 0.6) is 0 Å². The van der Waals surface area contributed by atoms with Crippen molar-refractivity contribution in [3.63, 3.8) is 0 Å². The minimum absolute atomic E-state index is 0.0778. The van der Waals surface area contributed by atoms with E-state index in [1.54, 1.807) is 0 Å². The number of esters is 3. The topological polar surface area (TPSA) is 78.9 Å². The van der Waals surface area contributed by atoms with E-state index in [0.717, 1.165) is 96.3 Å². The Morgan fingerprint density at radius 1 is 0.309 bits per heavy atom. The van der Waals surface area contributed by atoms with Gasteiger partial charge in [0.25, 0.3) is 0 Å². The van der Waals surface area contributed by atoms with Gasteiger partial charge in [-0.3, -0.25) is 14.4 Å². The SMILES string of the molecule is CC/C=C\C/C=C\C/C=C\C/C=C\CCCCCCCCCCCCC(=O)OCC(COC(=O)CCCCCCCCCCC)OC(=O)CCCCCCCCC/C=C\C/C=C\CCCCCC. The van der Waals surface area contributed by atoms with Crippen molar-refractivity contribution >= 4 is 17.9 Å². The lowest BCUT2D eigenvalue weighted by Crippen LogP contribution is -2.30. The van der Waals surface area contributed by atoms with E-state index in [0.29, 0.717) is 19.3 Å². The molecule has 1 unspecified atom stereocenters. The summed E-state index contributed by atoms with van der Waals surface area (Å²) in [5, 5.41) is 0. The van der Waals surface area contributed by atoms with Crippen molar-refractivity contribution in [3.8, 4) is 0 Å². The van der Waals surface area contributed by atoms with Crippen molar-refractivity contribution in [2.45, 2.75) is 290 Å². The van der Waals surface area contributed by atoms with Crippen LogP contribution in [-0.2, 0) is 28.6 Å². The number of hydrogen-bond acceptors (Lipinski definition) is 6. The molecule has 0 spiro atoms. The molecular weight excluding hydrogens is 841 g/mol. The largest absolute Gasteiger partial charge is 0.462 e. The Labute approximate surface area is 421 Å². The maximum Gasteiger partial charge on any atom is 0.306 e. The molecule has 6 heteroatoms. The van der Waals surface area contributed by atoms with Gasteiger partial charge in [-0.15, -0.1) is 0 Å². The highest BCUT2D eigenvalue weighted by Crippen LogP contribution is 2.15. The summed E-state index contributed by atoms with van der Waals surface area (Å²) in [6.45, 7) is 6.50. The monoisotopic (exact) mass is 949 g/mol. The van der Waals surface area contributed by atoms with Crippen LogP contribution in [0.25, 0.3) is 0 Å². The Hall–Kier alpha value is -3.15. The molecule has 0 aliphatic carbocycles. The van der Waals surface area contributed by atoms with Gasteiger partial charge in [0, 0.05) is 19.3 Å². The second kappa shape index (κ2) is 56.4. The summed E-state index contributed by atoms with van der Waals surface area (Å²) >= 11 is 0. The summed E-state index contributed by atoms with van der Waals surface area (Å²) in [6, 6.07) is 0. The number of ether oxygens (including phenoxy) is 3. The van der Waals surface area contributed by atoms with Gasteiger partial charge in [0.1, 0.15) is 13.2 Å². The summed E-state index contributed by atoms with van der Waals surface area (Å²) in [7, 11) is 0. The van der Waals surface area contributed by atoms with Crippen LogP contribution in [0.4, 0.5) is 0 Å². The van der Waals surface area contributed by atoms with Gasteiger partial charge < -0.3 is 14.2 Å². The van der Waals surface area contributed by atoms with Crippen molar-refractivity contribution in [1.29, 1.82) is 0 Å². The van der Waals surface area contributed by atoms with Gasteiger partial charge in [-0.25, -0.2) is 0 Å². The summed E-state index contributed by atoms with van der Waals surface area (Å²) in [5.74, 6) is -0.885. The molecule has 0 amide bonds. The lowest BCUT2D eigenvalue weighted by atomic mass is 10.1. The predicted octanol–water partition coefficient (Wildman–Crippen LogP) is 19.4. The van der Waals surface area contributed by atoms with Crippen LogP contribution >= 0.6 is 0 Å². The molecule has 1 atom stereocenters. The van der Waals surface area contributed by atoms with E-state index < -0.39 is 6.10 Å². The van der Waals surface area contributed by atoms with Crippen molar-refractivity contribution in [3.05, 3.63) is 72.9 Å². The van der Waals surface area contributed by atoms with Gasteiger partial charge >= 0.3 is 17.9 Å². The van der Waals surface area contributed by atoms with E-state index in [9.17, 15) is 14.4 Å². The molecule has 0 saturated heterocycles. The predicted molar refractivity (Wildman–Crippen MR) is 293 cm³/mol. The Balaban J connectivity index is 4.27. The van der Waals surface area contributed by atoms with Crippen LogP contribution in [0.1, 0.15) is 284 Å². The smallest absolute Gasteiger partial charge is 0.306 e. The molecule has 0 fully saturated rings. The van der Waals surface area contributed by atoms with Gasteiger partial charge in [-0.2, -0.15) is 0 Å². The number of carbonyl (C=O) groups is 3. The quantitative estimate of drug-likeness (QED) is 0.0262. The molecule has 0 rings (SSSR count). The lowest BCUT2D eigenvalue weighted by Gasteiger charge is -2.18. The fraction of sp³-hybridized carbons (Fsp3) is 0.758. The number of allylic oxidation sites excluding steroid dienone is 12. The summed E-state index contributed by atoms with van der Waals surface area (Å²) < 4.78 is 16.8. The van der Waals surface area contributed by atoms with Crippen molar-refractivity contribution < 1.29 is 28.6 Å². The standard InChI is InChI=1S/C62H108O6/c1-4-7-10-13-16-19-21-23-25-27-29-30-31-32-33-35-36-38-40-43-46-49-52-55-61(64)67-58-59(57-66-60(63)54-51-48-45-42-18-15-12-9-6-3)68-62(65)56-53-50-47-44-41-39-37-34-28-26-24-22-20-17-14-11-8-5-2/h7,10,16,19-20,22-23,25-26,28-30,59H,4-6,8-9,11-15,17-18,21,24,27,31-58H2,1-3H3/b10-7-,19-16-,22-20-,25-23-,28-26-,30-29-. The maximum atomic E-state index is 12.8. The number of rotatable bonds is 52. The Morgan fingerprint density at radius 3 is 0.912 bits per heavy atom. The number of carbonyl (C=O) groups excluding carboxylic acids is 3. The van der Waals surface area contributed by atoms with Crippen LogP contribution in [0, 0.1) is 0 Å². The Bertz CT molecular complexity index is 1270. The van der Waals surface area contributed by atoms with Crippen LogP contribution < -0.4 is 0 Å². The van der Waals surface area contributed by atoms with E-state index in [4.69, 9.17) is 14.2 Å². The lowest BCUT2D eigenvalue weighted by molar-refractivity contribution is -0.167. The van der Waals surface area contributed by atoms with E-state index >= 15 is 0 Å². The van der Waals surface area contributed by atoms with Gasteiger partial charge in [0.05, 0.1) is 0 Å². The van der Waals surface area contributed by atoms with Gasteiger partial charge in [0.15, 0.2) is 6.10 Å². The molecule has 0 aromatic heterocycles. The first-order valence-electron chi connectivity index (χ1n) is 28.9. The molecule has 0 aliphatic rings. The first-order valence-corrected chi connectivity index (χ1v) is 28.9. The van der Waals surface area contributed by atoms with Gasteiger partial charge in [-0.1, -0.05) is 248 Å². The molecule has 0 heterocycles. The fourth-order valence-electron chi connectivity index (χ4n) is 8.11. The van der Waals surface area contributed by atoms with E-state index in [1.807, 2.05) is 0 Å². The number of hydrogen-bond donors (Lipinski definition) is 0. The van der Waals surface area contributed by atoms with E-state index in [-0.39, 0.29) is 31.1 Å². The highest BCUT2D eigenvalue weighted by atomic mass is 16.6. The third-order valence-corrected chi connectivity index (χ3v) is 12.4. The molecule has 0 aromatic carbocycles. The highest BCUT2D eigenvalue weighted by molar-refractivity contribution is 5.71. The third kappa shape index (κ3) is 53.8. The molecule has 0 saturated carbocycles.